The highest BCUT2D eigenvalue weighted by Crippen LogP contribution is 2.32. The molecule has 1 heterocycles. The van der Waals surface area contributed by atoms with Gasteiger partial charge in [0.05, 0.1) is 12.2 Å². The molecule has 1 aromatic heterocycles. The van der Waals surface area contributed by atoms with Crippen molar-refractivity contribution in [1.29, 1.82) is 0 Å². The van der Waals surface area contributed by atoms with Gasteiger partial charge in [0.15, 0.2) is 0 Å². The van der Waals surface area contributed by atoms with Crippen molar-refractivity contribution in [2.45, 2.75) is 20.8 Å². The van der Waals surface area contributed by atoms with E-state index >= 15 is 0 Å². The Balaban J connectivity index is 2.05. The van der Waals surface area contributed by atoms with Crippen LogP contribution < -0.4 is 5.32 Å². The second-order valence-electron chi connectivity index (χ2n) is 4.90. The molecule has 3 nitrogen and oxygen atoms in total. The molecule has 0 atom stereocenters. The standard InChI is InChI=1S/C18H21NO2S/c1-4-21-18(20)16-13(2)14(3)22-17(16)19-12-8-11-15-9-6-5-7-10-15/h5-11,19H,4,12H2,1-3H3/b11-8+. The molecule has 0 saturated heterocycles. The Morgan fingerprint density at radius 2 is 2.00 bits per heavy atom. The molecule has 0 bridgehead atoms. The van der Waals surface area contributed by atoms with Crippen molar-refractivity contribution in [2.24, 2.45) is 0 Å². The molecule has 0 aliphatic heterocycles. The number of carbonyl (C=O) groups excluding carboxylic acids is 1. The third kappa shape index (κ3) is 3.98. The highest BCUT2D eigenvalue weighted by atomic mass is 32.1. The normalized spacial score (nSPS) is 10.9. The van der Waals surface area contributed by atoms with Gasteiger partial charge in [-0.3, -0.25) is 0 Å². The van der Waals surface area contributed by atoms with Crippen molar-refractivity contribution in [2.75, 3.05) is 18.5 Å². The van der Waals surface area contributed by atoms with E-state index in [4.69, 9.17) is 4.74 Å². The largest absolute Gasteiger partial charge is 0.462 e. The molecule has 2 aromatic rings. The van der Waals surface area contributed by atoms with Gasteiger partial charge in [-0.05, 0) is 31.9 Å². The van der Waals surface area contributed by atoms with Crippen LogP contribution in [-0.4, -0.2) is 19.1 Å². The van der Waals surface area contributed by atoms with E-state index in [0.717, 1.165) is 21.0 Å². The van der Waals surface area contributed by atoms with E-state index in [1.165, 1.54) is 0 Å². The van der Waals surface area contributed by atoms with E-state index in [1.807, 2.05) is 39.0 Å². The second kappa shape index (κ2) is 7.80. The predicted octanol–water partition coefficient (Wildman–Crippen LogP) is 4.67. The summed E-state index contributed by atoms with van der Waals surface area (Å²) in [4.78, 5) is 13.2. The van der Waals surface area contributed by atoms with E-state index in [2.05, 4.69) is 29.6 Å². The van der Waals surface area contributed by atoms with Gasteiger partial charge >= 0.3 is 5.97 Å². The molecular formula is C18H21NO2S. The monoisotopic (exact) mass is 315 g/mol. The Bertz CT molecular complexity index is 659. The number of thiophene rings is 1. The Morgan fingerprint density at radius 3 is 2.68 bits per heavy atom. The SMILES string of the molecule is CCOC(=O)c1c(NC/C=C/c2ccccc2)sc(C)c1C. The fourth-order valence-corrected chi connectivity index (χ4v) is 3.17. The molecule has 2 rings (SSSR count). The first-order chi connectivity index (χ1) is 10.6. The van der Waals surface area contributed by atoms with Crippen LogP contribution in [0.5, 0.6) is 0 Å². The lowest BCUT2D eigenvalue weighted by Crippen LogP contribution is -2.09. The van der Waals surface area contributed by atoms with Crippen LogP contribution in [0.4, 0.5) is 5.00 Å². The summed E-state index contributed by atoms with van der Waals surface area (Å²) < 4.78 is 5.15. The van der Waals surface area contributed by atoms with Crippen molar-refractivity contribution >= 4 is 28.4 Å². The number of hydrogen-bond donors (Lipinski definition) is 1. The molecule has 22 heavy (non-hydrogen) atoms. The maximum atomic E-state index is 12.1. The van der Waals surface area contributed by atoms with Crippen LogP contribution in [-0.2, 0) is 4.74 Å². The Hall–Kier alpha value is -2.07. The highest BCUT2D eigenvalue weighted by molar-refractivity contribution is 7.16. The minimum absolute atomic E-state index is 0.251. The number of nitrogens with one attached hydrogen (secondary N) is 1. The van der Waals surface area contributed by atoms with E-state index in [9.17, 15) is 4.79 Å². The topological polar surface area (TPSA) is 38.3 Å². The van der Waals surface area contributed by atoms with Gasteiger partial charge in [0.25, 0.3) is 0 Å². The minimum atomic E-state index is -0.251. The quantitative estimate of drug-likeness (QED) is 0.787. The van der Waals surface area contributed by atoms with E-state index < -0.39 is 0 Å². The van der Waals surface area contributed by atoms with Gasteiger partial charge in [0.2, 0.25) is 0 Å². The molecule has 0 unspecified atom stereocenters. The van der Waals surface area contributed by atoms with Gasteiger partial charge in [0.1, 0.15) is 5.00 Å². The second-order valence-corrected chi connectivity index (χ2v) is 6.13. The molecule has 0 radical (unpaired) electrons. The number of rotatable bonds is 6. The summed E-state index contributed by atoms with van der Waals surface area (Å²) in [5.74, 6) is -0.251. The Morgan fingerprint density at radius 1 is 1.27 bits per heavy atom. The lowest BCUT2D eigenvalue weighted by molar-refractivity contribution is 0.0527. The third-order valence-corrected chi connectivity index (χ3v) is 4.52. The van der Waals surface area contributed by atoms with Gasteiger partial charge in [-0.2, -0.15) is 0 Å². The van der Waals surface area contributed by atoms with Gasteiger partial charge in [0, 0.05) is 11.4 Å². The Labute approximate surface area is 135 Å². The molecular weight excluding hydrogens is 294 g/mol. The van der Waals surface area contributed by atoms with Crippen molar-refractivity contribution in [3.05, 3.63) is 58.0 Å². The molecule has 116 valence electrons. The summed E-state index contributed by atoms with van der Waals surface area (Å²) in [5.41, 5.74) is 2.82. The molecule has 0 amide bonds. The molecule has 1 N–H and O–H groups in total. The van der Waals surface area contributed by atoms with E-state index in [-0.39, 0.29) is 5.97 Å². The number of esters is 1. The molecule has 0 aliphatic carbocycles. The van der Waals surface area contributed by atoms with Crippen LogP contribution in [0, 0.1) is 13.8 Å². The summed E-state index contributed by atoms with van der Waals surface area (Å²) in [6.07, 6.45) is 4.11. The number of carbonyl (C=O) groups is 1. The maximum Gasteiger partial charge on any atom is 0.341 e. The zero-order valence-corrected chi connectivity index (χ0v) is 14.0. The molecule has 0 fully saturated rings. The van der Waals surface area contributed by atoms with Crippen molar-refractivity contribution in [1.82, 2.24) is 0 Å². The zero-order valence-electron chi connectivity index (χ0n) is 13.2. The first kappa shape index (κ1) is 16.3. The number of benzene rings is 1. The summed E-state index contributed by atoms with van der Waals surface area (Å²) in [7, 11) is 0. The lowest BCUT2D eigenvalue weighted by atomic mass is 10.1. The van der Waals surface area contributed by atoms with Crippen molar-refractivity contribution in [3.8, 4) is 0 Å². The minimum Gasteiger partial charge on any atom is -0.462 e. The average molecular weight is 315 g/mol. The fraction of sp³-hybridized carbons (Fsp3) is 0.278. The van der Waals surface area contributed by atoms with Gasteiger partial charge in [-0.1, -0.05) is 42.5 Å². The summed E-state index contributed by atoms with van der Waals surface area (Å²) in [6.45, 7) is 6.86. The molecule has 1 aromatic carbocycles. The first-order valence-corrected chi connectivity index (χ1v) is 8.17. The third-order valence-electron chi connectivity index (χ3n) is 3.36. The molecule has 0 saturated carbocycles. The van der Waals surface area contributed by atoms with Crippen molar-refractivity contribution in [3.63, 3.8) is 0 Å². The number of anilines is 1. The van der Waals surface area contributed by atoms with E-state index in [1.54, 1.807) is 11.3 Å². The van der Waals surface area contributed by atoms with Crippen LogP contribution in [0.1, 0.15) is 33.3 Å². The van der Waals surface area contributed by atoms with Gasteiger partial charge in [-0.25, -0.2) is 4.79 Å². The van der Waals surface area contributed by atoms with Crippen molar-refractivity contribution < 1.29 is 9.53 Å². The van der Waals surface area contributed by atoms with Crippen LogP contribution >= 0.6 is 11.3 Å². The van der Waals surface area contributed by atoms with Gasteiger partial charge in [-0.15, -0.1) is 11.3 Å². The first-order valence-electron chi connectivity index (χ1n) is 7.36. The molecule has 4 heteroatoms. The average Bonchev–Trinajstić information content (AvgIpc) is 2.80. The summed E-state index contributed by atoms with van der Waals surface area (Å²) in [6, 6.07) is 10.1. The number of ether oxygens (including phenoxy) is 1. The van der Waals surface area contributed by atoms with Gasteiger partial charge < -0.3 is 10.1 Å². The molecule has 0 aliphatic rings. The smallest absolute Gasteiger partial charge is 0.341 e. The predicted molar refractivity (Wildman–Crippen MR) is 93.7 cm³/mol. The number of hydrogen-bond acceptors (Lipinski definition) is 4. The zero-order chi connectivity index (χ0) is 15.9. The number of aryl methyl sites for hydroxylation is 1. The highest BCUT2D eigenvalue weighted by Gasteiger charge is 2.19. The van der Waals surface area contributed by atoms with Crippen LogP contribution in [0.3, 0.4) is 0 Å². The maximum absolute atomic E-state index is 12.1. The summed E-state index contributed by atoms with van der Waals surface area (Å²) >= 11 is 1.60. The van der Waals surface area contributed by atoms with Crippen LogP contribution in [0.25, 0.3) is 6.08 Å². The Kier molecular flexibility index (Phi) is 5.78. The van der Waals surface area contributed by atoms with E-state index in [0.29, 0.717) is 18.7 Å². The summed E-state index contributed by atoms with van der Waals surface area (Å²) in [5, 5.41) is 4.20. The van der Waals surface area contributed by atoms with Crippen LogP contribution in [0.15, 0.2) is 36.4 Å². The lowest BCUT2D eigenvalue weighted by Gasteiger charge is -2.06. The molecule has 0 spiro atoms. The fourth-order valence-electron chi connectivity index (χ4n) is 2.11. The van der Waals surface area contributed by atoms with Crippen LogP contribution in [0.2, 0.25) is 0 Å².